The first-order valence-electron chi connectivity index (χ1n) is 5.56. The summed E-state index contributed by atoms with van der Waals surface area (Å²) in [6.07, 6.45) is 1.51. The van der Waals surface area contributed by atoms with Gasteiger partial charge in [0.15, 0.2) is 5.78 Å². The van der Waals surface area contributed by atoms with E-state index < -0.39 is 0 Å². The van der Waals surface area contributed by atoms with Crippen LogP contribution in [0.4, 0.5) is 0 Å². The topological polar surface area (TPSA) is 82.2 Å². The lowest BCUT2D eigenvalue weighted by Gasteiger charge is -2.18. The van der Waals surface area contributed by atoms with Crippen LogP contribution in [0.5, 0.6) is 0 Å². The maximum Gasteiger partial charge on any atom is 0.267 e. The normalized spacial score (nSPS) is 14.1. The predicted octanol–water partition coefficient (Wildman–Crippen LogP) is 0.964. The molecule has 5 heteroatoms. The van der Waals surface area contributed by atoms with E-state index in [4.69, 9.17) is 5.11 Å². The van der Waals surface area contributed by atoms with Crippen molar-refractivity contribution in [3.63, 3.8) is 0 Å². The minimum Gasteiger partial charge on any atom is -0.396 e. The van der Waals surface area contributed by atoms with Gasteiger partial charge in [-0.1, -0.05) is 6.92 Å². The molecule has 94 valence electrons. The van der Waals surface area contributed by atoms with Gasteiger partial charge in [0.05, 0.1) is 0 Å². The number of carbonyl (C=O) groups is 2. The highest BCUT2D eigenvalue weighted by Crippen LogP contribution is 2.06. The number of ketones is 1. The van der Waals surface area contributed by atoms with Crippen LogP contribution in [-0.4, -0.2) is 34.4 Å². The van der Waals surface area contributed by atoms with Gasteiger partial charge in [-0.25, -0.2) is 0 Å². The van der Waals surface area contributed by atoms with E-state index in [1.807, 2.05) is 13.8 Å². The van der Waals surface area contributed by atoms with Crippen molar-refractivity contribution in [2.24, 2.45) is 5.92 Å². The van der Waals surface area contributed by atoms with Crippen LogP contribution in [0.25, 0.3) is 0 Å². The van der Waals surface area contributed by atoms with Crippen molar-refractivity contribution in [2.75, 3.05) is 6.61 Å². The zero-order chi connectivity index (χ0) is 13.0. The van der Waals surface area contributed by atoms with Gasteiger partial charge in [0, 0.05) is 24.4 Å². The molecule has 0 saturated heterocycles. The molecule has 1 amide bonds. The van der Waals surface area contributed by atoms with Crippen molar-refractivity contribution in [3.8, 4) is 0 Å². The molecule has 5 nitrogen and oxygen atoms in total. The van der Waals surface area contributed by atoms with Gasteiger partial charge in [0.25, 0.3) is 5.91 Å². The lowest BCUT2D eigenvalue weighted by Crippen LogP contribution is -2.38. The number of hydrogen-bond donors (Lipinski definition) is 3. The van der Waals surface area contributed by atoms with E-state index in [-0.39, 0.29) is 30.3 Å². The number of aliphatic hydroxyl groups excluding tert-OH is 1. The number of aromatic nitrogens is 1. The van der Waals surface area contributed by atoms with E-state index in [1.54, 1.807) is 0 Å². The highest BCUT2D eigenvalue weighted by Gasteiger charge is 2.16. The van der Waals surface area contributed by atoms with Crippen molar-refractivity contribution in [1.82, 2.24) is 10.3 Å². The highest BCUT2D eigenvalue weighted by atomic mass is 16.3. The molecule has 2 atom stereocenters. The largest absolute Gasteiger partial charge is 0.396 e. The Bertz CT molecular complexity index is 412. The van der Waals surface area contributed by atoms with Gasteiger partial charge < -0.3 is 15.4 Å². The van der Waals surface area contributed by atoms with E-state index in [1.165, 1.54) is 19.2 Å². The fourth-order valence-corrected chi connectivity index (χ4v) is 1.31. The summed E-state index contributed by atoms with van der Waals surface area (Å²) in [7, 11) is 0. The van der Waals surface area contributed by atoms with Gasteiger partial charge in [-0.05, 0) is 25.8 Å². The fourth-order valence-electron chi connectivity index (χ4n) is 1.31. The van der Waals surface area contributed by atoms with Gasteiger partial charge in [-0.2, -0.15) is 0 Å². The molecule has 3 N–H and O–H groups in total. The Balaban J connectivity index is 2.66. The molecule has 0 radical (unpaired) electrons. The average molecular weight is 238 g/mol. The number of rotatable bonds is 5. The molecule has 2 unspecified atom stereocenters. The molecule has 1 aromatic heterocycles. The van der Waals surface area contributed by atoms with Crippen molar-refractivity contribution in [1.29, 1.82) is 0 Å². The number of aromatic amines is 1. The highest BCUT2D eigenvalue weighted by molar-refractivity contribution is 5.99. The number of Topliss-reactive ketones (excluding diaryl/α,β-unsaturated/α-hetero) is 1. The number of carbonyl (C=O) groups excluding carboxylic acids is 2. The molecule has 1 heterocycles. The minimum absolute atomic E-state index is 0.0128. The molecule has 0 bridgehead atoms. The third kappa shape index (κ3) is 3.42. The maximum absolute atomic E-state index is 11.8. The molecule has 17 heavy (non-hydrogen) atoms. The first-order valence-corrected chi connectivity index (χ1v) is 5.56. The molecular formula is C12H18N2O3. The summed E-state index contributed by atoms with van der Waals surface area (Å²) in [5.74, 6) is -0.372. The van der Waals surface area contributed by atoms with Crippen LogP contribution in [0.15, 0.2) is 12.3 Å². The Morgan fingerprint density at radius 1 is 1.47 bits per heavy atom. The Morgan fingerprint density at radius 3 is 2.59 bits per heavy atom. The second kappa shape index (κ2) is 5.63. The van der Waals surface area contributed by atoms with E-state index >= 15 is 0 Å². The number of hydrogen-bond acceptors (Lipinski definition) is 3. The van der Waals surface area contributed by atoms with Crippen LogP contribution in [0.1, 0.15) is 41.6 Å². The van der Waals surface area contributed by atoms with Crippen molar-refractivity contribution in [2.45, 2.75) is 26.8 Å². The fraction of sp³-hybridized carbons (Fsp3) is 0.500. The average Bonchev–Trinajstić information content (AvgIpc) is 2.77. The summed E-state index contributed by atoms with van der Waals surface area (Å²) < 4.78 is 0. The predicted molar refractivity (Wildman–Crippen MR) is 64.0 cm³/mol. The van der Waals surface area contributed by atoms with Gasteiger partial charge >= 0.3 is 0 Å². The summed E-state index contributed by atoms with van der Waals surface area (Å²) in [5, 5.41) is 11.7. The Morgan fingerprint density at radius 2 is 2.12 bits per heavy atom. The molecule has 0 saturated carbocycles. The smallest absolute Gasteiger partial charge is 0.267 e. The van der Waals surface area contributed by atoms with Gasteiger partial charge in [-0.3, -0.25) is 9.59 Å². The SMILES string of the molecule is CC(=O)c1c[nH]c(C(=O)NC(C)C(C)CO)c1. The summed E-state index contributed by atoms with van der Waals surface area (Å²) >= 11 is 0. The van der Waals surface area contributed by atoms with Crippen LogP contribution in [-0.2, 0) is 0 Å². The Kier molecular flexibility index (Phi) is 4.45. The van der Waals surface area contributed by atoms with Crippen molar-refractivity contribution >= 4 is 11.7 Å². The first kappa shape index (κ1) is 13.4. The van der Waals surface area contributed by atoms with Crippen LogP contribution in [0.2, 0.25) is 0 Å². The van der Waals surface area contributed by atoms with E-state index in [9.17, 15) is 9.59 Å². The number of H-pyrrole nitrogens is 1. The summed E-state index contributed by atoms with van der Waals surface area (Å²) in [5.41, 5.74) is 0.838. The number of amides is 1. The molecule has 0 spiro atoms. The molecule has 1 rings (SSSR count). The number of aliphatic hydroxyl groups is 1. The standard InChI is InChI=1S/C12H18N2O3/c1-7(6-15)8(2)14-12(17)11-4-10(5-13-11)9(3)16/h4-5,7-8,13,15H,6H2,1-3H3,(H,14,17). The molecule has 0 aliphatic heterocycles. The molecule has 0 aliphatic rings. The van der Waals surface area contributed by atoms with Crippen LogP contribution in [0, 0.1) is 5.92 Å². The monoisotopic (exact) mass is 238 g/mol. The summed E-state index contributed by atoms with van der Waals surface area (Å²) in [6.45, 7) is 5.14. The first-order chi connectivity index (χ1) is 7.95. The third-order valence-corrected chi connectivity index (χ3v) is 2.83. The molecule has 1 aromatic rings. The van der Waals surface area contributed by atoms with E-state index in [0.29, 0.717) is 11.3 Å². The molecule has 0 aromatic carbocycles. The van der Waals surface area contributed by atoms with Gasteiger partial charge in [0.2, 0.25) is 0 Å². The zero-order valence-corrected chi connectivity index (χ0v) is 10.3. The molecule has 0 fully saturated rings. The van der Waals surface area contributed by atoms with Crippen LogP contribution >= 0.6 is 0 Å². The minimum atomic E-state index is -0.273. The number of nitrogens with one attached hydrogen (secondary N) is 2. The quantitative estimate of drug-likeness (QED) is 0.668. The van der Waals surface area contributed by atoms with Crippen molar-refractivity contribution < 1.29 is 14.7 Å². The summed E-state index contributed by atoms with van der Waals surface area (Å²) in [6, 6.07) is 1.39. The maximum atomic E-state index is 11.8. The second-order valence-electron chi connectivity index (χ2n) is 4.28. The molecule has 0 aliphatic carbocycles. The summed E-state index contributed by atoms with van der Waals surface area (Å²) in [4.78, 5) is 25.6. The van der Waals surface area contributed by atoms with Gasteiger partial charge in [0.1, 0.15) is 5.69 Å². The lowest BCUT2D eigenvalue weighted by molar-refractivity contribution is 0.0911. The third-order valence-electron chi connectivity index (χ3n) is 2.83. The van der Waals surface area contributed by atoms with Gasteiger partial charge in [-0.15, -0.1) is 0 Å². The Hall–Kier alpha value is -1.62. The van der Waals surface area contributed by atoms with Crippen molar-refractivity contribution in [3.05, 3.63) is 23.5 Å². The lowest BCUT2D eigenvalue weighted by atomic mass is 10.1. The van der Waals surface area contributed by atoms with Crippen LogP contribution in [0.3, 0.4) is 0 Å². The zero-order valence-electron chi connectivity index (χ0n) is 10.3. The van der Waals surface area contributed by atoms with E-state index in [2.05, 4.69) is 10.3 Å². The Labute approximate surface area is 100 Å². The second-order valence-corrected chi connectivity index (χ2v) is 4.28. The van der Waals surface area contributed by atoms with Crippen LogP contribution < -0.4 is 5.32 Å². The molecular weight excluding hydrogens is 220 g/mol. The van der Waals surface area contributed by atoms with E-state index in [0.717, 1.165) is 0 Å².